The fourth-order valence-electron chi connectivity index (χ4n) is 0.625. The average molecular weight is 176 g/mol. The smallest absolute Gasteiger partial charge is 0.330 e. The van der Waals surface area contributed by atoms with E-state index in [1.54, 1.807) is 0 Å². The highest BCUT2D eigenvalue weighted by molar-refractivity contribution is 5.81. The van der Waals surface area contributed by atoms with Crippen molar-refractivity contribution in [3.8, 4) is 0 Å². The lowest BCUT2D eigenvalue weighted by Crippen LogP contribution is -2.44. The molecule has 0 heterocycles. The standard InChI is InChI=1S/C7H12O5/c1-3-5(7(9,10)11)12-6(8)4-2/h4-5,9-11H,2-3H2,1H3. The quantitative estimate of drug-likeness (QED) is 0.294. The summed E-state index contributed by atoms with van der Waals surface area (Å²) < 4.78 is 4.41. The van der Waals surface area contributed by atoms with Crippen molar-refractivity contribution in [3.05, 3.63) is 12.7 Å². The van der Waals surface area contributed by atoms with Crippen LogP contribution in [0.3, 0.4) is 0 Å². The van der Waals surface area contributed by atoms with Crippen LogP contribution < -0.4 is 0 Å². The van der Waals surface area contributed by atoms with Gasteiger partial charge in [0.05, 0.1) is 0 Å². The number of esters is 1. The van der Waals surface area contributed by atoms with Crippen LogP contribution in [-0.2, 0) is 9.53 Å². The summed E-state index contributed by atoms with van der Waals surface area (Å²) in [7, 11) is 0. The summed E-state index contributed by atoms with van der Waals surface area (Å²) in [5.74, 6) is -3.81. The summed E-state index contributed by atoms with van der Waals surface area (Å²) in [4.78, 5) is 10.6. The number of carbonyl (C=O) groups is 1. The Kier molecular flexibility index (Phi) is 3.88. The van der Waals surface area contributed by atoms with Crippen LogP contribution in [0.25, 0.3) is 0 Å². The molecule has 0 aliphatic rings. The van der Waals surface area contributed by atoms with Crippen LogP contribution in [0.2, 0.25) is 0 Å². The molecular weight excluding hydrogens is 164 g/mol. The van der Waals surface area contributed by atoms with Gasteiger partial charge in [0.1, 0.15) is 0 Å². The molecule has 5 nitrogen and oxygen atoms in total. The first-order valence-electron chi connectivity index (χ1n) is 3.42. The second kappa shape index (κ2) is 4.20. The van der Waals surface area contributed by atoms with Gasteiger partial charge >= 0.3 is 11.9 Å². The number of ether oxygens (including phenoxy) is 1. The molecule has 0 saturated carbocycles. The second-order valence-corrected chi connectivity index (χ2v) is 2.23. The predicted octanol–water partition coefficient (Wildman–Crippen LogP) is -0.875. The summed E-state index contributed by atoms with van der Waals surface area (Å²) in [6.45, 7) is 4.64. The molecule has 0 bridgehead atoms. The van der Waals surface area contributed by atoms with Gasteiger partial charge < -0.3 is 20.1 Å². The topological polar surface area (TPSA) is 87.0 Å². The lowest BCUT2D eigenvalue weighted by atomic mass is 10.2. The Balaban J connectivity index is 4.18. The van der Waals surface area contributed by atoms with Crippen molar-refractivity contribution in [2.24, 2.45) is 0 Å². The Bertz CT molecular complexity index is 169. The Labute approximate surface area is 69.9 Å². The molecule has 0 amide bonds. The average Bonchev–Trinajstić information content (AvgIpc) is 1.97. The van der Waals surface area contributed by atoms with Gasteiger partial charge in [-0.3, -0.25) is 0 Å². The molecule has 1 unspecified atom stereocenters. The van der Waals surface area contributed by atoms with E-state index in [1.807, 2.05) is 0 Å². The van der Waals surface area contributed by atoms with Crippen molar-refractivity contribution in [3.63, 3.8) is 0 Å². The molecule has 0 aromatic heterocycles. The van der Waals surface area contributed by atoms with E-state index in [1.165, 1.54) is 6.92 Å². The molecule has 0 fully saturated rings. The minimum absolute atomic E-state index is 0.0864. The summed E-state index contributed by atoms with van der Waals surface area (Å²) >= 11 is 0. The summed E-state index contributed by atoms with van der Waals surface area (Å²) in [5, 5.41) is 25.9. The van der Waals surface area contributed by atoms with Crippen LogP contribution in [0.4, 0.5) is 0 Å². The third-order valence-corrected chi connectivity index (χ3v) is 1.23. The minimum atomic E-state index is -2.99. The van der Waals surface area contributed by atoms with Crippen LogP contribution in [0.5, 0.6) is 0 Å². The van der Waals surface area contributed by atoms with Gasteiger partial charge in [0.25, 0.3) is 0 Å². The highest BCUT2D eigenvalue weighted by Crippen LogP contribution is 2.10. The molecule has 0 aromatic rings. The maximum atomic E-state index is 10.6. The summed E-state index contributed by atoms with van der Waals surface area (Å²) in [6.07, 6.45) is -0.403. The third kappa shape index (κ3) is 3.47. The van der Waals surface area contributed by atoms with Crippen LogP contribution >= 0.6 is 0 Å². The van der Waals surface area contributed by atoms with Gasteiger partial charge in [0.15, 0.2) is 6.10 Å². The number of hydrogen-bond acceptors (Lipinski definition) is 5. The van der Waals surface area contributed by atoms with Gasteiger partial charge in [-0.2, -0.15) is 0 Å². The zero-order chi connectivity index (χ0) is 9.78. The van der Waals surface area contributed by atoms with Crippen molar-refractivity contribution >= 4 is 5.97 Å². The van der Waals surface area contributed by atoms with Crippen molar-refractivity contribution in [1.29, 1.82) is 0 Å². The van der Waals surface area contributed by atoms with Crippen molar-refractivity contribution in [2.45, 2.75) is 25.4 Å². The first-order chi connectivity index (χ1) is 5.41. The highest BCUT2D eigenvalue weighted by Gasteiger charge is 2.33. The minimum Gasteiger partial charge on any atom is -0.451 e. The summed E-state index contributed by atoms with van der Waals surface area (Å²) in [6, 6.07) is 0. The van der Waals surface area contributed by atoms with E-state index in [9.17, 15) is 4.79 Å². The van der Waals surface area contributed by atoms with Crippen molar-refractivity contribution < 1.29 is 24.9 Å². The Hall–Kier alpha value is -0.910. The largest absolute Gasteiger partial charge is 0.451 e. The van der Waals surface area contributed by atoms with Gasteiger partial charge in [0, 0.05) is 6.08 Å². The number of hydrogen-bond donors (Lipinski definition) is 3. The van der Waals surface area contributed by atoms with Gasteiger partial charge in [0.2, 0.25) is 0 Å². The monoisotopic (exact) mass is 176 g/mol. The maximum Gasteiger partial charge on any atom is 0.330 e. The van der Waals surface area contributed by atoms with E-state index in [4.69, 9.17) is 15.3 Å². The van der Waals surface area contributed by atoms with E-state index in [0.717, 1.165) is 6.08 Å². The van der Waals surface area contributed by atoms with Crippen LogP contribution in [-0.4, -0.2) is 33.4 Å². The van der Waals surface area contributed by atoms with E-state index in [-0.39, 0.29) is 6.42 Å². The maximum absolute atomic E-state index is 10.6. The lowest BCUT2D eigenvalue weighted by Gasteiger charge is -2.23. The molecule has 3 N–H and O–H groups in total. The fraction of sp³-hybridized carbons (Fsp3) is 0.571. The zero-order valence-electron chi connectivity index (χ0n) is 6.73. The lowest BCUT2D eigenvalue weighted by molar-refractivity contribution is -0.355. The van der Waals surface area contributed by atoms with Gasteiger partial charge in [-0.05, 0) is 6.42 Å². The first kappa shape index (κ1) is 11.1. The van der Waals surface area contributed by atoms with Gasteiger partial charge in [-0.25, -0.2) is 4.79 Å². The van der Waals surface area contributed by atoms with Crippen molar-refractivity contribution in [1.82, 2.24) is 0 Å². The van der Waals surface area contributed by atoms with E-state index < -0.39 is 18.0 Å². The molecule has 0 aromatic carbocycles. The molecule has 12 heavy (non-hydrogen) atoms. The Morgan fingerprint density at radius 3 is 2.42 bits per heavy atom. The molecular formula is C7H12O5. The molecule has 0 saturated heterocycles. The normalized spacial score (nSPS) is 13.7. The molecule has 70 valence electrons. The van der Waals surface area contributed by atoms with Crippen LogP contribution in [0, 0.1) is 0 Å². The van der Waals surface area contributed by atoms with Crippen LogP contribution in [0.1, 0.15) is 13.3 Å². The molecule has 0 rings (SSSR count). The highest BCUT2D eigenvalue weighted by atomic mass is 16.7. The van der Waals surface area contributed by atoms with E-state index >= 15 is 0 Å². The molecule has 0 radical (unpaired) electrons. The Morgan fingerprint density at radius 2 is 2.17 bits per heavy atom. The van der Waals surface area contributed by atoms with E-state index in [0.29, 0.717) is 0 Å². The van der Waals surface area contributed by atoms with Crippen molar-refractivity contribution in [2.75, 3.05) is 0 Å². The van der Waals surface area contributed by atoms with Gasteiger partial charge in [-0.1, -0.05) is 13.5 Å². The van der Waals surface area contributed by atoms with Crippen LogP contribution in [0.15, 0.2) is 12.7 Å². The third-order valence-electron chi connectivity index (χ3n) is 1.23. The zero-order valence-corrected chi connectivity index (χ0v) is 6.73. The SMILES string of the molecule is C=CC(=O)OC(CC)C(O)(O)O. The second-order valence-electron chi connectivity index (χ2n) is 2.23. The molecule has 0 spiro atoms. The first-order valence-corrected chi connectivity index (χ1v) is 3.42. The molecule has 1 atom stereocenters. The predicted molar refractivity (Wildman–Crippen MR) is 39.8 cm³/mol. The Morgan fingerprint density at radius 1 is 1.67 bits per heavy atom. The number of rotatable bonds is 4. The number of aliphatic hydroxyl groups is 3. The molecule has 0 aliphatic heterocycles. The van der Waals surface area contributed by atoms with Gasteiger partial charge in [-0.15, -0.1) is 0 Å². The fourth-order valence-corrected chi connectivity index (χ4v) is 0.625. The van der Waals surface area contributed by atoms with E-state index in [2.05, 4.69) is 11.3 Å². The molecule has 5 heteroatoms. The molecule has 0 aliphatic carbocycles. The number of carbonyl (C=O) groups excluding carboxylic acids is 1. The summed E-state index contributed by atoms with van der Waals surface area (Å²) in [5.41, 5.74) is 0.